The molecule has 146 valence electrons. The fourth-order valence-electron chi connectivity index (χ4n) is 3.61. The number of halogens is 1. The number of piperidine rings is 1. The summed E-state index contributed by atoms with van der Waals surface area (Å²) in [5.41, 5.74) is 1.56. The van der Waals surface area contributed by atoms with Crippen LogP contribution in [-0.2, 0) is 9.59 Å². The quantitative estimate of drug-likeness (QED) is 0.702. The largest absolute Gasteiger partial charge is 0.342 e. The van der Waals surface area contributed by atoms with E-state index < -0.39 is 5.82 Å². The Hall–Kier alpha value is -2.82. The van der Waals surface area contributed by atoms with Gasteiger partial charge in [-0.05, 0) is 31.4 Å². The van der Waals surface area contributed by atoms with Crippen LogP contribution in [0.4, 0.5) is 4.39 Å². The molecule has 1 aliphatic rings. The molecule has 28 heavy (non-hydrogen) atoms. The molecule has 0 bridgehead atoms. The van der Waals surface area contributed by atoms with E-state index in [0.29, 0.717) is 30.6 Å². The van der Waals surface area contributed by atoms with Gasteiger partial charge in [-0.2, -0.15) is 0 Å². The first-order valence-corrected chi connectivity index (χ1v) is 9.62. The molecule has 5 heteroatoms. The SMILES string of the molecule is CC(=O)CCC(=O)N1CCC[C@H](C(=O)c2ccc(-c3ccccc3)c(F)c2)C1. The number of carbonyl (C=O) groups is 3. The van der Waals surface area contributed by atoms with Crippen LogP contribution >= 0.6 is 0 Å². The lowest BCUT2D eigenvalue weighted by Crippen LogP contribution is -2.42. The van der Waals surface area contributed by atoms with Gasteiger partial charge in [0.2, 0.25) is 5.91 Å². The summed E-state index contributed by atoms with van der Waals surface area (Å²) in [5, 5.41) is 0. The molecule has 3 rings (SSSR count). The van der Waals surface area contributed by atoms with Crippen LogP contribution in [0.1, 0.15) is 43.0 Å². The Balaban J connectivity index is 1.70. The van der Waals surface area contributed by atoms with Crippen LogP contribution in [0.5, 0.6) is 0 Å². The molecule has 0 unspecified atom stereocenters. The monoisotopic (exact) mass is 381 g/mol. The highest BCUT2D eigenvalue weighted by atomic mass is 19.1. The van der Waals surface area contributed by atoms with Gasteiger partial charge in [0.05, 0.1) is 0 Å². The lowest BCUT2D eigenvalue weighted by Gasteiger charge is -2.32. The Morgan fingerprint density at radius 2 is 1.82 bits per heavy atom. The Bertz CT molecular complexity index is 879. The highest BCUT2D eigenvalue weighted by Gasteiger charge is 2.29. The fourth-order valence-corrected chi connectivity index (χ4v) is 3.61. The van der Waals surface area contributed by atoms with Gasteiger partial charge in [0, 0.05) is 43.0 Å². The standard InChI is InChI=1S/C23H24FNO3/c1-16(26)9-12-22(27)25-13-5-8-19(15-25)23(28)18-10-11-20(21(24)14-18)17-6-3-2-4-7-17/h2-4,6-7,10-11,14,19H,5,8-9,12-13,15H2,1H3/t19-/m0/s1. The second-order valence-electron chi connectivity index (χ2n) is 7.31. The zero-order valence-corrected chi connectivity index (χ0v) is 16.0. The van der Waals surface area contributed by atoms with Crippen molar-refractivity contribution in [2.24, 2.45) is 5.92 Å². The number of carbonyl (C=O) groups excluding carboxylic acids is 3. The number of likely N-dealkylation sites (tertiary alicyclic amines) is 1. The maximum atomic E-state index is 14.6. The van der Waals surface area contributed by atoms with Crippen molar-refractivity contribution in [1.29, 1.82) is 0 Å². The average molecular weight is 381 g/mol. The van der Waals surface area contributed by atoms with Crippen LogP contribution in [0.15, 0.2) is 48.5 Å². The maximum absolute atomic E-state index is 14.6. The van der Waals surface area contributed by atoms with Crippen molar-refractivity contribution in [3.05, 3.63) is 59.9 Å². The minimum absolute atomic E-state index is 0.0213. The predicted molar refractivity (Wildman–Crippen MR) is 105 cm³/mol. The number of hydrogen-bond donors (Lipinski definition) is 0. The molecule has 0 aromatic heterocycles. The summed E-state index contributed by atoms with van der Waals surface area (Å²) >= 11 is 0. The number of hydrogen-bond acceptors (Lipinski definition) is 3. The molecule has 0 spiro atoms. The topological polar surface area (TPSA) is 54.5 Å². The van der Waals surface area contributed by atoms with Crippen LogP contribution in [0.3, 0.4) is 0 Å². The van der Waals surface area contributed by atoms with Crippen molar-refractivity contribution < 1.29 is 18.8 Å². The van der Waals surface area contributed by atoms with Crippen molar-refractivity contribution in [2.75, 3.05) is 13.1 Å². The van der Waals surface area contributed by atoms with Gasteiger partial charge >= 0.3 is 0 Å². The third-order valence-electron chi connectivity index (χ3n) is 5.17. The zero-order chi connectivity index (χ0) is 20.1. The van der Waals surface area contributed by atoms with Gasteiger partial charge in [-0.15, -0.1) is 0 Å². The molecule has 1 fully saturated rings. The normalized spacial score (nSPS) is 16.6. The molecule has 2 aromatic rings. The lowest BCUT2D eigenvalue weighted by atomic mass is 9.89. The van der Waals surface area contributed by atoms with Crippen LogP contribution in [0.25, 0.3) is 11.1 Å². The molecule has 1 atom stereocenters. The number of rotatable bonds is 6. The Kier molecular flexibility index (Phi) is 6.34. The number of ketones is 2. The molecule has 0 aliphatic carbocycles. The van der Waals surface area contributed by atoms with Crippen molar-refractivity contribution in [1.82, 2.24) is 4.90 Å². The highest BCUT2D eigenvalue weighted by Crippen LogP contribution is 2.26. The molecule has 1 heterocycles. The van der Waals surface area contributed by atoms with Crippen LogP contribution in [0, 0.1) is 11.7 Å². The predicted octanol–water partition coefficient (Wildman–Crippen LogP) is 4.28. The fraction of sp³-hybridized carbons (Fsp3) is 0.348. The Morgan fingerprint density at radius 1 is 1.07 bits per heavy atom. The minimum Gasteiger partial charge on any atom is -0.342 e. The summed E-state index contributed by atoms with van der Waals surface area (Å²) < 4.78 is 14.6. The lowest BCUT2D eigenvalue weighted by molar-refractivity contribution is -0.134. The smallest absolute Gasteiger partial charge is 0.223 e. The second-order valence-corrected chi connectivity index (χ2v) is 7.31. The number of Topliss-reactive ketones (excluding diaryl/α,β-unsaturated/α-hetero) is 2. The van der Waals surface area contributed by atoms with Gasteiger partial charge in [0.1, 0.15) is 11.6 Å². The van der Waals surface area contributed by atoms with Gasteiger partial charge in [-0.25, -0.2) is 4.39 Å². The van der Waals surface area contributed by atoms with Gasteiger partial charge in [0.25, 0.3) is 0 Å². The van der Waals surface area contributed by atoms with E-state index >= 15 is 0 Å². The van der Waals surface area contributed by atoms with E-state index in [2.05, 4.69) is 0 Å². The molecule has 4 nitrogen and oxygen atoms in total. The van der Waals surface area contributed by atoms with Crippen molar-refractivity contribution in [3.8, 4) is 11.1 Å². The minimum atomic E-state index is -0.428. The van der Waals surface area contributed by atoms with E-state index in [1.807, 2.05) is 30.3 Å². The molecule has 1 saturated heterocycles. The van der Waals surface area contributed by atoms with E-state index in [0.717, 1.165) is 12.0 Å². The molecular formula is C23H24FNO3. The summed E-state index contributed by atoms with van der Waals surface area (Å²) in [7, 11) is 0. The highest BCUT2D eigenvalue weighted by molar-refractivity contribution is 5.99. The third-order valence-corrected chi connectivity index (χ3v) is 5.17. The molecular weight excluding hydrogens is 357 g/mol. The van der Waals surface area contributed by atoms with Crippen molar-refractivity contribution in [3.63, 3.8) is 0 Å². The van der Waals surface area contributed by atoms with Gasteiger partial charge in [-0.1, -0.05) is 42.5 Å². The Labute approximate surface area is 164 Å². The first kappa shape index (κ1) is 19.9. The summed E-state index contributed by atoms with van der Waals surface area (Å²) in [4.78, 5) is 37.9. The number of amides is 1. The average Bonchev–Trinajstić information content (AvgIpc) is 2.72. The number of benzene rings is 2. The first-order chi connectivity index (χ1) is 13.5. The van der Waals surface area contributed by atoms with Crippen LogP contribution in [0.2, 0.25) is 0 Å². The molecule has 0 N–H and O–H groups in total. The Morgan fingerprint density at radius 3 is 2.50 bits per heavy atom. The van der Waals surface area contributed by atoms with Crippen LogP contribution < -0.4 is 0 Å². The summed E-state index contributed by atoms with van der Waals surface area (Å²) in [6.45, 7) is 2.39. The van der Waals surface area contributed by atoms with E-state index in [-0.39, 0.29) is 36.2 Å². The van der Waals surface area contributed by atoms with Crippen molar-refractivity contribution >= 4 is 17.5 Å². The third kappa shape index (κ3) is 4.71. The molecule has 1 aliphatic heterocycles. The van der Waals surface area contributed by atoms with E-state index in [4.69, 9.17) is 0 Å². The van der Waals surface area contributed by atoms with E-state index in [1.165, 1.54) is 13.0 Å². The maximum Gasteiger partial charge on any atom is 0.223 e. The van der Waals surface area contributed by atoms with Crippen LogP contribution in [-0.4, -0.2) is 35.5 Å². The first-order valence-electron chi connectivity index (χ1n) is 9.62. The molecule has 0 radical (unpaired) electrons. The van der Waals surface area contributed by atoms with Crippen molar-refractivity contribution in [2.45, 2.75) is 32.6 Å². The molecule has 2 aromatic carbocycles. The second kappa shape index (κ2) is 8.91. The van der Waals surface area contributed by atoms with Gasteiger partial charge in [-0.3, -0.25) is 9.59 Å². The van der Waals surface area contributed by atoms with Gasteiger partial charge in [0.15, 0.2) is 5.78 Å². The van der Waals surface area contributed by atoms with E-state index in [1.54, 1.807) is 17.0 Å². The van der Waals surface area contributed by atoms with Gasteiger partial charge < -0.3 is 9.69 Å². The number of nitrogens with zero attached hydrogens (tertiary/aromatic N) is 1. The molecule has 1 amide bonds. The summed E-state index contributed by atoms with van der Waals surface area (Å²) in [5.74, 6) is -1.02. The molecule has 0 saturated carbocycles. The van der Waals surface area contributed by atoms with E-state index in [9.17, 15) is 18.8 Å². The summed E-state index contributed by atoms with van der Waals surface area (Å²) in [6, 6.07) is 13.8. The zero-order valence-electron chi connectivity index (χ0n) is 16.0. The summed E-state index contributed by atoms with van der Waals surface area (Å²) in [6.07, 6.45) is 1.81.